The molecule has 0 aliphatic carbocycles. The van der Waals surface area contributed by atoms with Gasteiger partial charge in [-0.2, -0.15) is 0 Å². The third-order valence-corrected chi connectivity index (χ3v) is 8.49. The summed E-state index contributed by atoms with van der Waals surface area (Å²) in [5.41, 5.74) is 3.12. The van der Waals surface area contributed by atoms with E-state index in [2.05, 4.69) is 21.3 Å². The number of carbonyl (C=O) groups excluding carboxylic acids is 3. The van der Waals surface area contributed by atoms with Gasteiger partial charge in [-0.05, 0) is 55.6 Å². The molecular formula is C24H25N5O3S3. The fraction of sp³-hybridized carbons (Fsp3) is 0.292. The lowest BCUT2D eigenvalue weighted by Gasteiger charge is -2.39. The number of hydrogen-bond donors (Lipinski definition) is 1. The monoisotopic (exact) mass is 527 g/mol. The van der Waals surface area contributed by atoms with E-state index in [9.17, 15) is 14.4 Å². The van der Waals surface area contributed by atoms with Gasteiger partial charge in [0.15, 0.2) is 5.13 Å². The number of anilines is 1. The van der Waals surface area contributed by atoms with Gasteiger partial charge in [0.1, 0.15) is 0 Å². The fourth-order valence-corrected chi connectivity index (χ4v) is 6.34. The van der Waals surface area contributed by atoms with Crippen molar-refractivity contribution in [1.29, 1.82) is 0 Å². The van der Waals surface area contributed by atoms with Gasteiger partial charge in [0.05, 0.1) is 22.2 Å². The molecule has 11 heteroatoms. The number of aryl methyl sites for hydroxylation is 2. The first-order valence-corrected chi connectivity index (χ1v) is 13.4. The second-order valence-electron chi connectivity index (χ2n) is 8.22. The maximum Gasteiger partial charge on any atom is 0.259 e. The summed E-state index contributed by atoms with van der Waals surface area (Å²) in [5.74, 6) is -0.390. The fourth-order valence-electron chi connectivity index (χ4n) is 3.89. The molecule has 0 radical (unpaired) electrons. The second kappa shape index (κ2) is 10.7. The lowest BCUT2D eigenvalue weighted by atomic mass is 10.0. The van der Waals surface area contributed by atoms with Gasteiger partial charge in [-0.1, -0.05) is 35.7 Å². The molecule has 1 saturated heterocycles. The van der Waals surface area contributed by atoms with Crippen LogP contribution in [0, 0.1) is 13.8 Å². The largest absolute Gasteiger partial charge is 0.335 e. The van der Waals surface area contributed by atoms with E-state index in [-0.39, 0.29) is 23.8 Å². The first-order chi connectivity index (χ1) is 16.8. The number of benzene rings is 1. The summed E-state index contributed by atoms with van der Waals surface area (Å²) in [6.45, 7) is 10.9. The van der Waals surface area contributed by atoms with Crippen LogP contribution >= 0.6 is 34.6 Å². The number of piperazine rings is 1. The second-order valence-corrected chi connectivity index (χ2v) is 11.3. The maximum atomic E-state index is 13.4. The Hall–Kier alpha value is -3.02. The molecule has 35 heavy (non-hydrogen) atoms. The zero-order valence-electron chi connectivity index (χ0n) is 19.6. The molecule has 3 amide bonds. The van der Waals surface area contributed by atoms with Crippen LogP contribution in [0.5, 0.6) is 0 Å². The normalized spacial score (nSPS) is 15.7. The van der Waals surface area contributed by atoms with Crippen molar-refractivity contribution in [3.63, 3.8) is 0 Å². The molecule has 8 nitrogen and oxygen atoms in total. The van der Waals surface area contributed by atoms with Crippen LogP contribution in [0.3, 0.4) is 0 Å². The molecule has 1 aromatic carbocycles. The highest BCUT2D eigenvalue weighted by Crippen LogP contribution is 2.37. The Kier molecular flexibility index (Phi) is 7.68. The Morgan fingerprint density at radius 2 is 2.00 bits per heavy atom. The van der Waals surface area contributed by atoms with E-state index < -0.39 is 0 Å². The first kappa shape index (κ1) is 25.1. The van der Waals surface area contributed by atoms with Crippen molar-refractivity contribution in [2.45, 2.75) is 35.9 Å². The van der Waals surface area contributed by atoms with Crippen LogP contribution in [0.25, 0.3) is 0 Å². The molecule has 3 aromatic rings. The Bertz CT molecular complexity index is 1270. The molecule has 4 rings (SSSR count). The van der Waals surface area contributed by atoms with Crippen molar-refractivity contribution in [3.8, 4) is 0 Å². The first-order valence-electron chi connectivity index (χ1n) is 10.9. The molecule has 1 aliphatic heterocycles. The molecule has 1 unspecified atom stereocenters. The smallest absolute Gasteiger partial charge is 0.259 e. The minimum absolute atomic E-state index is 0.0384. The van der Waals surface area contributed by atoms with Gasteiger partial charge >= 0.3 is 0 Å². The Labute approximate surface area is 216 Å². The predicted molar refractivity (Wildman–Crippen MR) is 139 cm³/mol. The van der Waals surface area contributed by atoms with Crippen LogP contribution in [0.1, 0.15) is 38.8 Å². The third kappa shape index (κ3) is 5.63. The number of carbonyl (C=O) groups is 3. The van der Waals surface area contributed by atoms with Crippen molar-refractivity contribution in [2.75, 3.05) is 25.0 Å². The van der Waals surface area contributed by atoms with Crippen molar-refractivity contribution in [1.82, 2.24) is 19.2 Å². The van der Waals surface area contributed by atoms with Crippen LogP contribution in [0.15, 0.2) is 51.7 Å². The highest BCUT2D eigenvalue weighted by atomic mass is 32.2. The quantitative estimate of drug-likeness (QED) is 0.475. The summed E-state index contributed by atoms with van der Waals surface area (Å²) in [5, 5.41) is 4.98. The van der Waals surface area contributed by atoms with E-state index in [4.69, 9.17) is 0 Å². The maximum absolute atomic E-state index is 13.4. The van der Waals surface area contributed by atoms with E-state index in [0.717, 1.165) is 20.2 Å². The molecule has 0 spiro atoms. The van der Waals surface area contributed by atoms with Crippen LogP contribution in [-0.4, -0.2) is 62.6 Å². The van der Waals surface area contributed by atoms with Gasteiger partial charge in [0, 0.05) is 41.5 Å². The molecule has 0 saturated carbocycles. The summed E-state index contributed by atoms with van der Waals surface area (Å²) < 4.78 is 4.85. The Morgan fingerprint density at radius 3 is 2.69 bits per heavy atom. The van der Waals surface area contributed by atoms with E-state index in [0.29, 0.717) is 35.9 Å². The summed E-state index contributed by atoms with van der Waals surface area (Å²) in [7, 11) is 0. The summed E-state index contributed by atoms with van der Waals surface area (Å²) in [6.07, 6.45) is 4.56. The number of aromatic nitrogens is 2. The number of thiazole rings is 1. The number of amides is 3. The minimum Gasteiger partial charge on any atom is -0.335 e. The highest BCUT2D eigenvalue weighted by Gasteiger charge is 2.30. The number of hydrogen-bond acceptors (Lipinski definition) is 8. The standard InChI is InChI=1S/C24H25N5O3S3/c1-5-20(30)29-7-6-28(12-16(29)4)23(32)18-9-19(15(3)8-14(18)2)34-21-11-25-24(35-21)27-22(31)17-10-26-33-13-17/h5,8-11,13,16H,1,6-7,12H2,2-4H3,(H,25,27,31). The summed E-state index contributed by atoms with van der Waals surface area (Å²) >= 11 is 4.11. The molecule has 3 heterocycles. The number of rotatable bonds is 6. The van der Waals surface area contributed by atoms with Gasteiger partial charge in [0.25, 0.3) is 11.8 Å². The average molecular weight is 528 g/mol. The van der Waals surface area contributed by atoms with Crippen LogP contribution in [0.4, 0.5) is 5.13 Å². The highest BCUT2D eigenvalue weighted by molar-refractivity contribution is 8.01. The lowest BCUT2D eigenvalue weighted by molar-refractivity contribution is -0.129. The van der Waals surface area contributed by atoms with E-state index in [1.54, 1.807) is 16.5 Å². The minimum atomic E-state index is -0.242. The molecule has 1 aliphatic rings. The van der Waals surface area contributed by atoms with Gasteiger partial charge in [-0.15, -0.1) is 0 Å². The van der Waals surface area contributed by atoms with E-state index >= 15 is 0 Å². The molecular weight excluding hydrogens is 502 g/mol. The van der Waals surface area contributed by atoms with Crippen molar-refractivity contribution in [2.24, 2.45) is 0 Å². The van der Waals surface area contributed by atoms with Crippen LogP contribution in [0.2, 0.25) is 0 Å². The van der Waals surface area contributed by atoms with Gasteiger partial charge < -0.3 is 9.80 Å². The zero-order valence-corrected chi connectivity index (χ0v) is 22.1. The van der Waals surface area contributed by atoms with Crippen molar-refractivity contribution >= 4 is 57.5 Å². The number of nitrogens with one attached hydrogen (secondary N) is 1. The Balaban J connectivity index is 1.47. The van der Waals surface area contributed by atoms with Gasteiger partial charge in [-0.3, -0.25) is 19.7 Å². The predicted octanol–water partition coefficient (Wildman–Crippen LogP) is 4.48. The van der Waals surface area contributed by atoms with Crippen LogP contribution in [-0.2, 0) is 4.79 Å². The molecule has 182 valence electrons. The number of nitrogens with zero attached hydrogens (tertiary/aromatic N) is 4. The lowest BCUT2D eigenvalue weighted by Crippen LogP contribution is -2.55. The topological polar surface area (TPSA) is 95.5 Å². The Morgan fingerprint density at radius 1 is 1.20 bits per heavy atom. The zero-order chi connectivity index (χ0) is 25.1. The molecule has 1 fully saturated rings. The molecule has 1 N–H and O–H groups in total. The SMILES string of the molecule is C=CC(=O)N1CCN(C(=O)c2cc(Sc3cnc(NC(=O)c4cnsc4)s3)c(C)cc2C)CC1C. The van der Waals surface area contributed by atoms with Crippen LogP contribution < -0.4 is 5.32 Å². The van der Waals surface area contributed by atoms with Gasteiger partial charge in [0.2, 0.25) is 5.91 Å². The summed E-state index contributed by atoms with van der Waals surface area (Å²) in [4.78, 5) is 46.5. The average Bonchev–Trinajstić information content (AvgIpc) is 3.52. The van der Waals surface area contributed by atoms with Crippen molar-refractivity contribution < 1.29 is 14.4 Å². The third-order valence-electron chi connectivity index (χ3n) is 5.73. The molecule has 1 atom stereocenters. The molecule has 2 aromatic heterocycles. The van der Waals surface area contributed by atoms with E-state index in [1.165, 1.54) is 46.9 Å². The van der Waals surface area contributed by atoms with Crippen molar-refractivity contribution in [3.05, 3.63) is 64.8 Å². The summed E-state index contributed by atoms with van der Waals surface area (Å²) in [6, 6.07) is 3.87. The van der Waals surface area contributed by atoms with E-state index in [1.807, 2.05) is 37.8 Å². The van der Waals surface area contributed by atoms with Gasteiger partial charge in [-0.25, -0.2) is 9.36 Å². The molecule has 0 bridgehead atoms.